The van der Waals surface area contributed by atoms with Crippen LogP contribution in [0.4, 0.5) is 0 Å². The van der Waals surface area contributed by atoms with E-state index in [9.17, 15) is 5.11 Å². The second-order valence-electron chi connectivity index (χ2n) is 6.98. The van der Waals surface area contributed by atoms with Gasteiger partial charge in [0, 0.05) is 41.8 Å². The number of H-pyrrole nitrogens is 1. The summed E-state index contributed by atoms with van der Waals surface area (Å²) in [6.45, 7) is 6.37. The average Bonchev–Trinajstić information content (AvgIpc) is 3.07. The van der Waals surface area contributed by atoms with Gasteiger partial charge in [-0.2, -0.15) is 0 Å². The number of methoxy groups -OCH3 is 1. The number of rotatable bonds is 8. The van der Waals surface area contributed by atoms with Crippen molar-refractivity contribution < 1.29 is 9.84 Å². The molecule has 4 heteroatoms. The van der Waals surface area contributed by atoms with Crippen LogP contribution >= 0.6 is 0 Å². The number of ether oxygens (including phenoxy) is 1. The molecule has 0 saturated carbocycles. The third kappa shape index (κ3) is 4.09. The zero-order chi connectivity index (χ0) is 18.5. The van der Waals surface area contributed by atoms with Crippen molar-refractivity contribution in [3.8, 4) is 5.75 Å². The van der Waals surface area contributed by atoms with Crippen molar-refractivity contribution in [1.82, 2.24) is 9.88 Å². The Morgan fingerprint density at radius 2 is 1.92 bits per heavy atom. The van der Waals surface area contributed by atoms with Gasteiger partial charge in [-0.05, 0) is 49.6 Å². The van der Waals surface area contributed by atoms with Gasteiger partial charge in [0.1, 0.15) is 5.75 Å². The van der Waals surface area contributed by atoms with Gasteiger partial charge < -0.3 is 14.8 Å². The number of para-hydroxylation sites is 1. The van der Waals surface area contributed by atoms with Crippen molar-refractivity contribution >= 4 is 10.9 Å². The lowest BCUT2D eigenvalue weighted by molar-refractivity contribution is 0.213. The van der Waals surface area contributed by atoms with Crippen LogP contribution in [0, 0.1) is 0 Å². The lowest BCUT2D eigenvalue weighted by Crippen LogP contribution is -2.32. The van der Waals surface area contributed by atoms with Crippen molar-refractivity contribution in [2.45, 2.75) is 39.5 Å². The van der Waals surface area contributed by atoms with E-state index < -0.39 is 0 Å². The fourth-order valence-electron chi connectivity index (χ4n) is 3.37. The first-order valence-electron chi connectivity index (χ1n) is 9.18. The van der Waals surface area contributed by atoms with Gasteiger partial charge in [0.15, 0.2) is 0 Å². The predicted octanol–water partition coefficient (Wildman–Crippen LogP) is 4.12. The van der Waals surface area contributed by atoms with Gasteiger partial charge in [-0.15, -0.1) is 0 Å². The molecule has 2 N–H and O–H groups in total. The van der Waals surface area contributed by atoms with Gasteiger partial charge in [-0.1, -0.05) is 24.3 Å². The monoisotopic (exact) mass is 352 g/mol. The van der Waals surface area contributed by atoms with E-state index in [0.29, 0.717) is 6.04 Å². The zero-order valence-electron chi connectivity index (χ0n) is 15.8. The molecule has 3 aromatic rings. The molecule has 0 aliphatic heterocycles. The summed E-state index contributed by atoms with van der Waals surface area (Å²) < 4.78 is 5.50. The van der Waals surface area contributed by atoms with Crippen LogP contribution in [0.1, 0.15) is 30.5 Å². The van der Waals surface area contributed by atoms with E-state index >= 15 is 0 Å². The molecule has 0 unspecified atom stereocenters. The molecule has 0 spiro atoms. The van der Waals surface area contributed by atoms with Crippen LogP contribution in [0.2, 0.25) is 0 Å². The Kier molecular flexibility index (Phi) is 5.96. The normalized spacial score (nSPS) is 11.6. The second kappa shape index (κ2) is 8.39. The molecular weight excluding hydrogens is 324 g/mol. The van der Waals surface area contributed by atoms with Gasteiger partial charge in [0.05, 0.1) is 13.7 Å². The fraction of sp³-hybridized carbons (Fsp3) is 0.364. The molecule has 0 bridgehead atoms. The Morgan fingerprint density at radius 3 is 2.65 bits per heavy atom. The number of aromatic amines is 1. The highest BCUT2D eigenvalue weighted by atomic mass is 16.5. The molecule has 0 radical (unpaired) electrons. The molecule has 1 heterocycles. The van der Waals surface area contributed by atoms with E-state index in [1.54, 1.807) is 7.11 Å². The summed E-state index contributed by atoms with van der Waals surface area (Å²) in [6.07, 6.45) is 3.05. The number of aliphatic hydroxyl groups excluding tert-OH is 1. The Morgan fingerprint density at radius 1 is 1.12 bits per heavy atom. The molecule has 0 amide bonds. The summed E-state index contributed by atoms with van der Waals surface area (Å²) >= 11 is 0. The number of hydrogen-bond acceptors (Lipinski definition) is 3. The van der Waals surface area contributed by atoms with Gasteiger partial charge in [-0.25, -0.2) is 0 Å². The summed E-state index contributed by atoms with van der Waals surface area (Å²) in [6, 6.07) is 14.8. The summed E-state index contributed by atoms with van der Waals surface area (Å²) in [7, 11) is 1.73. The molecule has 0 atom stereocenters. The molecule has 0 saturated heterocycles. The van der Waals surface area contributed by atoms with Crippen molar-refractivity contribution in [2.24, 2.45) is 0 Å². The number of nitrogens with zero attached hydrogens (tertiary/aromatic N) is 1. The Labute approximate surface area is 155 Å². The smallest absolute Gasteiger partial charge is 0.123 e. The van der Waals surface area contributed by atoms with E-state index in [-0.39, 0.29) is 6.61 Å². The molecule has 0 fully saturated rings. The highest BCUT2D eigenvalue weighted by Crippen LogP contribution is 2.23. The maximum absolute atomic E-state index is 9.40. The minimum Gasteiger partial charge on any atom is -0.496 e. The predicted molar refractivity (Wildman–Crippen MR) is 106 cm³/mol. The first kappa shape index (κ1) is 18.5. The van der Waals surface area contributed by atoms with Crippen LogP contribution in [-0.2, 0) is 19.6 Å². The van der Waals surface area contributed by atoms with E-state index in [1.807, 2.05) is 24.3 Å². The molecule has 4 nitrogen and oxygen atoms in total. The van der Waals surface area contributed by atoms with Crippen molar-refractivity contribution in [3.05, 3.63) is 65.4 Å². The number of hydrogen-bond donors (Lipinski definition) is 2. The maximum Gasteiger partial charge on any atom is 0.123 e. The van der Waals surface area contributed by atoms with Gasteiger partial charge in [0.25, 0.3) is 0 Å². The molecule has 0 aliphatic carbocycles. The van der Waals surface area contributed by atoms with Crippen molar-refractivity contribution in [1.29, 1.82) is 0 Å². The average molecular weight is 352 g/mol. The number of aliphatic hydroxyl groups is 1. The molecule has 1 aromatic heterocycles. The number of aromatic nitrogens is 1. The molecule has 0 aliphatic rings. The molecular formula is C22H28N2O2. The Balaban J connectivity index is 1.75. The van der Waals surface area contributed by atoms with E-state index in [4.69, 9.17) is 4.74 Å². The van der Waals surface area contributed by atoms with E-state index in [1.165, 1.54) is 16.5 Å². The standard InChI is InChI=1S/C22H28N2O2/c1-16(2)24(14-19-6-4-5-7-22(19)26-3)11-10-18-13-23-21-9-8-17(15-25)12-20(18)21/h4-9,12-13,16,23,25H,10-11,14-15H2,1-3H3. The number of nitrogens with one attached hydrogen (secondary N) is 1. The topological polar surface area (TPSA) is 48.5 Å². The summed E-state index contributed by atoms with van der Waals surface area (Å²) in [4.78, 5) is 5.81. The molecule has 3 rings (SSSR count). The highest BCUT2D eigenvalue weighted by molar-refractivity contribution is 5.83. The van der Waals surface area contributed by atoms with Crippen LogP contribution in [0.5, 0.6) is 5.75 Å². The summed E-state index contributed by atoms with van der Waals surface area (Å²) in [5.74, 6) is 0.942. The van der Waals surface area contributed by atoms with Crippen LogP contribution in [0.15, 0.2) is 48.7 Å². The summed E-state index contributed by atoms with van der Waals surface area (Å²) in [5, 5.41) is 10.6. The van der Waals surface area contributed by atoms with Crippen molar-refractivity contribution in [2.75, 3.05) is 13.7 Å². The highest BCUT2D eigenvalue weighted by Gasteiger charge is 2.14. The first-order chi connectivity index (χ1) is 12.6. The minimum absolute atomic E-state index is 0.0759. The molecule has 138 valence electrons. The van der Waals surface area contributed by atoms with E-state index in [0.717, 1.165) is 36.3 Å². The lowest BCUT2D eigenvalue weighted by Gasteiger charge is -2.27. The van der Waals surface area contributed by atoms with Crippen LogP contribution in [-0.4, -0.2) is 34.7 Å². The largest absolute Gasteiger partial charge is 0.496 e. The quantitative estimate of drug-likeness (QED) is 0.641. The van der Waals surface area contributed by atoms with Crippen LogP contribution in [0.3, 0.4) is 0 Å². The maximum atomic E-state index is 9.40. The second-order valence-corrected chi connectivity index (χ2v) is 6.98. The Hall–Kier alpha value is -2.30. The zero-order valence-corrected chi connectivity index (χ0v) is 15.8. The lowest BCUT2D eigenvalue weighted by atomic mass is 10.1. The van der Waals surface area contributed by atoms with Crippen LogP contribution < -0.4 is 4.74 Å². The number of benzene rings is 2. The third-order valence-corrected chi connectivity index (χ3v) is 4.98. The van der Waals surface area contributed by atoms with Crippen molar-refractivity contribution in [3.63, 3.8) is 0 Å². The number of fused-ring (bicyclic) bond motifs is 1. The first-order valence-corrected chi connectivity index (χ1v) is 9.18. The minimum atomic E-state index is 0.0759. The third-order valence-electron chi connectivity index (χ3n) is 4.98. The Bertz CT molecular complexity index is 854. The molecule has 26 heavy (non-hydrogen) atoms. The fourth-order valence-corrected chi connectivity index (χ4v) is 3.37. The molecule has 2 aromatic carbocycles. The summed E-state index contributed by atoms with van der Waals surface area (Å²) in [5.41, 5.74) is 4.58. The van der Waals surface area contributed by atoms with Gasteiger partial charge in [0.2, 0.25) is 0 Å². The SMILES string of the molecule is COc1ccccc1CN(CCc1c[nH]c2ccc(CO)cc12)C(C)C. The van der Waals surface area contributed by atoms with Crippen LogP contribution in [0.25, 0.3) is 10.9 Å². The van der Waals surface area contributed by atoms with E-state index in [2.05, 4.69) is 48.1 Å². The van der Waals surface area contributed by atoms with Gasteiger partial charge in [-0.3, -0.25) is 4.90 Å². The van der Waals surface area contributed by atoms with Gasteiger partial charge >= 0.3 is 0 Å².